The summed E-state index contributed by atoms with van der Waals surface area (Å²) >= 11 is 0. The van der Waals surface area contributed by atoms with Crippen LogP contribution >= 0.6 is 0 Å². The van der Waals surface area contributed by atoms with E-state index in [1.165, 1.54) is 33.4 Å². The van der Waals surface area contributed by atoms with E-state index in [1.807, 2.05) is 36.4 Å². The fourth-order valence-corrected chi connectivity index (χ4v) is 2.40. The summed E-state index contributed by atoms with van der Waals surface area (Å²) < 4.78 is 0. The number of aromatic nitrogens is 2. The first-order valence-electron chi connectivity index (χ1n) is 9.54. The van der Waals surface area contributed by atoms with E-state index in [0.29, 0.717) is 0 Å². The van der Waals surface area contributed by atoms with E-state index in [1.54, 1.807) is 12.4 Å². The average Bonchev–Trinajstić information content (AvgIpc) is 2.66. The molecule has 0 fully saturated rings. The summed E-state index contributed by atoms with van der Waals surface area (Å²) in [4.78, 5) is 8.37. The summed E-state index contributed by atoms with van der Waals surface area (Å²) in [7, 11) is 0. The van der Waals surface area contributed by atoms with Crippen LogP contribution in [-0.4, -0.2) is 9.97 Å². The van der Waals surface area contributed by atoms with Crippen LogP contribution in [-0.2, 0) is 16.5 Å². The maximum Gasteiger partial charge on any atom is 2.00 e. The van der Waals surface area contributed by atoms with Crippen LogP contribution in [0.2, 0.25) is 0 Å². The van der Waals surface area contributed by atoms with Crippen LogP contribution in [0.1, 0.15) is 55.4 Å². The standard InChI is InChI=1S/C16H24.C10H8N2.Ni/c1-11(2)9-15(13(5)6)16(14(7)8)10-12(3)4;1-3-7-11-9(5-1)10-6-2-4-8-12-10;/h1-8H3;1-8H;/q-2;;+2. The molecule has 0 saturated carbocycles. The van der Waals surface area contributed by atoms with Crippen molar-refractivity contribution in [3.05, 3.63) is 94.4 Å². The van der Waals surface area contributed by atoms with E-state index in [-0.39, 0.29) is 16.5 Å². The van der Waals surface area contributed by atoms with Gasteiger partial charge in [0.05, 0.1) is 11.4 Å². The van der Waals surface area contributed by atoms with Crippen molar-refractivity contribution in [1.29, 1.82) is 0 Å². The minimum Gasteiger partial charge on any atom is -0.299 e. The molecule has 2 aromatic rings. The van der Waals surface area contributed by atoms with Crippen molar-refractivity contribution < 1.29 is 16.5 Å². The third kappa shape index (κ3) is 10.2. The third-order valence-electron chi connectivity index (χ3n) is 3.59. The van der Waals surface area contributed by atoms with E-state index in [0.717, 1.165) is 11.4 Å². The fraction of sp³-hybridized carbons (Fsp3) is 0.308. The number of pyridine rings is 2. The van der Waals surface area contributed by atoms with Crippen LogP contribution in [0, 0.1) is 12.2 Å². The zero-order valence-electron chi connectivity index (χ0n) is 18.8. The molecule has 2 rings (SSSR count). The number of nitrogens with zero attached hydrogens (tertiary/aromatic N) is 2. The van der Waals surface area contributed by atoms with Gasteiger partial charge in [0.2, 0.25) is 0 Å². The fourth-order valence-electron chi connectivity index (χ4n) is 2.40. The molecule has 2 aromatic heterocycles. The van der Waals surface area contributed by atoms with Crippen LogP contribution < -0.4 is 0 Å². The van der Waals surface area contributed by atoms with Gasteiger partial charge in [-0.15, -0.1) is 38.8 Å². The molecule has 0 radical (unpaired) electrons. The number of rotatable bonds is 4. The molecule has 0 bridgehead atoms. The Hall–Kier alpha value is -2.25. The van der Waals surface area contributed by atoms with Crippen LogP contribution in [0.5, 0.6) is 0 Å². The molecule has 2 nitrogen and oxygen atoms in total. The summed E-state index contributed by atoms with van der Waals surface area (Å²) in [5.41, 5.74) is 9.16. The minimum absolute atomic E-state index is 0. The van der Waals surface area contributed by atoms with Gasteiger partial charge in [-0.3, -0.25) is 21.1 Å². The molecule has 3 heteroatoms. The van der Waals surface area contributed by atoms with Crippen LogP contribution in [0.4, 0.5) is 0 Å². The summed E-state index contributed by atoms with van der Waals surface area (Å²) in [5, 5.41) is 0. The first-order valence-corrected chi connectivity index (χ1v) is 9.54. The zero-order valence-corrected chi connectivity index (χ0v) is 19.8. The Morgan fingerprint density at radius 3 is 1.14 bits per heavy atom. The Bertz CT molecular complexity index is 782. The predicted molar refractivity (Wildman–Crippen MR) is 120 cm³/mol. The number of hydrogen-bond acceptors (Lipinski definition) is 2. The molecule has 2 heterocycles. The van der Waals surface area contributed by atoms with Gasteiger partial charge in [-0.2, -0.15) is 0 Å². The van der Waals surface area contributed by atoms with Gasteiger partial charge in [-0.1, -0.05) is 39.8 Å². The van der Waals surface area contributed by atoms with Gasteiger partial charge in [0, 0.05) is 12.4 Å². The first-order chi connectivity index (χ1) is 13.2. The van der Waals surface area contributed by atoms with Crippen molar-refractivity contribution in [1.82, 2.24) is 9.97 Å². The molecule has 0 unspecified atom stereocenters. The third-order valence-corrected chi connectivity index (χ3v) is 3.59. The van der Waals surface area contributed by atoms with Gasteiger partial charge in [-0.25, -0.2) is 23.3 Å². The van der Waals surface area contributed by atoms with Gasteiger partial charge < -0.3 is 0 Å². The average molecular weight is 431 g/mol. The molecular formula is C26H32N2Ni. The largest absolute Gasteiger partial charge is 2.00 e. The Morgan fingerprint density at radius 1 is 0.586 bits per heavy atom. The molecule has 0 amide bonds. The van der Waals surface area contributed by atoms with Crippen LogP contribution in [0.15, 0.2) is 82.2 Å². The quantitative estimate of drug-likeness (QED) is 0.288. The Labute approximate surface area is 187 Å². The maximum absolute atomic E-state index is 4.19. The molecule has 0 saturated heterocycles. The van der Waals surface area contributed by atoms with Crippen LogP contribution in [0.3, 0.4) is 0 Å². The van der Waals surface area contributed by atoms with Crippen molar-refractivity contribution >= 4 is 0 Å². The van der Waals surface area contributed by atoms with Crippen LogP contribution in [0.25, 0.3) is 11.4 Å². The maximum atomic E-state index is 4.19. The molecule has 29 heavy (non-hydrogen) atoms. The van der Waals surface area contributed by atoms with E-state index in [9.17, 15) is 0 Å². The molecule has 0 aliphatic carbocycles. The molecule has 0 aliphatic rings. The summed E-state index contributed by atoms with van der Waals surface area (Å²) in [6, 6.07) is 11.6. The normalized spacial score (nSPS) is 9.10. The molecule has 156 valence electrons. The molecule has 0 spiro atoms. The second kappa shape index (κ2) is 13.9. The molecule has 0 N–H and O–H groups in total. The molecule has 0 aliphatic heterocycles. The van der Waals surface area contributed by atoms with E-state index >= 15 is 0 Å². The van der Waals surface area contributed by atoms with Gasteiger partial charge in [0.15, 0.2) is 0 Å². The van der Waals surface area contributed by atoms with Crippen molar-refractivity contribution in [2.24, 2.45) is 0 Å². The smallest absolute Gasteiger partial charge is 0.299 e. The van der Waals surface area contributed by atoms with E-state index in [4.69, 9.17) is 0 Å². The van der Waals surface area contributed by atoms with E-state index < -0.39 is 0 Å². The molecule has 0 atom stereocenters. The predicted octanol–water partition coefficient (Wildman–Crippen LogP) is 7.34. The summed E-state index contributed by atoms with van der Waals surface area (Å²) in [5.74, 6) is 0. The van der Waals surface area contributed by atoms with Crippen molar-refractivity contribution in [3.8, 4) is 11.4 Å². The van der Waals surface area contributed by atoms with E-state index in [2.05, 4.69) is 77.5 Å². The minimum atomic E-state index is 0. The number of hydrogen-bond donors (Lipinski definition) is 0. The monoisotopic (exact) mass is 430 g/mol. The van der Waals surface area contributed by atoms with Crippen molar-refractivity contribution in [2.45, 2.75) is 55.4 Å². The van der Waals surface area contributed by atoms with Gasteiger partial charge in [0.25, 0.3) is 0 Å². The van der Waals surface area contributed by atoms with Gasteiger partial charge >= 0.3 is 16.5 Å². The number of allylic oxidation sites excluding steroid dienone is 8. The topological polar surface area (TPSA) is 25.8 Å². The van der Waals surface area contributed by atoms with Gasteiger partial charge in [0.1, 0.15) is 0 Å². The molecular weight excluding hydrogens is 399 g/mol. The Kier molecular flexibility index (Phi) is 12.8. The summed E-state index contributed by atoms with van der Waals surface area (Å²) in [6.07, 6.45) is 10.4. The zero-order chi connectivity index (χ0) is 21.1. The molecule has 0 aromatic carbocycles. The second-order valence-corrected chi connectivity index (χ2v) is 7.43. The Morgan fingerprint density at radius 2 is 0.931 bits per heavy atom. The first kappa shape index (κ1) is 26.8. The second-order valence-electron chi connectivity index (χ2n) is 7.43. The van der Waals surface area contributed by atoms with Gasteiger partial charge in [-0.05, 0) is 24.3 Å². The van der Waals surface area contributed by atoms with Crippen molar-refractivity contribution in [2.75, 3.05) is 0 Å². The SMILES string of the molecule is CC(C)=[C-]C(=C(C)C)C([C-]=C(C)C)=C(C)C.[Ni+2].c1ccc(-c2ccccn2)nc1. The summed E-state index contributed by atoms with van der Waals surface area (Å²) in [6.45, 7) is 16.8. The van der Waals surface area contributed by atoms with Crippen molar-refractivity contribution in [3.63, 3.8) is 0 Å². The Balaban J connectivity index is 0.000000537.